The van der Waals surface area contributed by atoms with Gasteiger partial charge in [0.15, 0.2) is 0 Å². The van der Waals surface area contributed by atoms with Gasteiger partial charge in [-0.15, -0.1) is 0 Å². The van der Waals surface area contributed by atoms with E-state index in [0.717, 1.165) is 4.47 Å². The predicted octanol–water partition coefficient (Wildman–Crippen LogP) is 3.22. The standard InChI is InChI=1S/C15H15BrN2O4S/c1-10(19)17-12-5-8-15(22-2)14(9-12)18-23(20,21)13-6-3-11(16)4-7-13/h3-9,18H,1-2H3,(H,17,19). The van der Waals surface area contributed by atoms with Crippen LogP contribution in [0.3, 0.4) is 0 Å². The molecule has 122 valence electrons. The molecule has 0 aromatic heterocycles. The van der Waals surface area contributed by atoms with E-state index < -0.39 is 10.0 Å². The van der Waals surface area contributed by atoms with Crippen molar-refractivity contribution in [2.45, 2.75) is 11.8 Å². The first-order valence-corrected chi connectivity index (χ1v) is 8.83. The van der Waals surface area contributed by atoms with Gasteiger partial charge < -0.3 is 10.1 Å². The van der Waals surface area contributed by atoms with Crippen molar-refractivity contribution in [3.63, 3.8) is 0 Å². The van der Waals surface area contributed by atoms with Crippen molar-refractivity contribution in [2.24, 2.45) is 0 Å². The van der Waals surface area contributed by atoms with E-state index >= 15 is 0 Å². The summed E-state index contributed by atoms with van der Waals surface area (Å²) in [7, 11) is -2.34. The Morgan fingerprint density at radius 2 is 1.78 bits per heavy atom. The van der Waals surface area contributed by atoms with E-state index in [1.54, 1.807) is 24.3 Å². The van der Waals surface area contributed by atoms with Crippen LogP contribution in [0.25, 0.3) is 0 Å². The Hall–Kier alpha value is -2.06. The fourth-order valence-electron chi connectivity index (χ4n) is 1.89. The molecule has 0 aliphatic carbocycles. The van der Waals surface area contributed by atoms with E-state index in [9.17, 15) is 13.2 Å². The van der Waals surface area contributed by atoms with Gasteiger partial charge >= 0.3 is 0 Å². The van der Waals surface area contributed by atoms with Crippen LogP contribution in [0, 0.1) is 0 Å². The van der Waals surface area contributed by atoms with Gasteiger partial charge in [0.1, 0.15) is 5.75 Å². The van der Waals surface area contributed by atoms with Crippen LogP contribution in [0.15, 0.2) is 51.8 Å². The highest BCUT2D eigenvalue weighted by molar-refractivity contribution is 9.10. The molecule has 2 aromatic carbocycles. The topological polar surface area (TPSA) is 84.5 Å². The molecule has 0 radical (unpaired) electrons. The highest BCUT2D eigenvalue weighted by atomic mass is 79.9. The molecule has 1 amide bonds. The first kappa shape index (κ1) is 17.3. The van der Waals surface area contributed by atoms with E-state index in [1.165, 1.54) is 32.2 Å². The van der Waals surface area contributed by atoms with Crippen LogP contribution in [0.4, 0.5) is 11.4 Å². The van der Waals surface area contributed by atoms with E-state index in [2.05, 4.69) is 26.0 Å². The molecule has 2 aromatic rings. The molecule has 2 rings (SSSR count). The van der Waals surface area contributed by atoms with Gasteiger partial charge in [0.05, 0.1) is 17.7 Å². The fraction of sp³-hybridized carbons (Fsp3) is 0.133. The van der Waals surface area contributed by atoms with Crippen LogP contribution in [0.2, 0.25) is 0 Å². The smallest absolute Gasteiger partial charge is 0.262 e. The molecule has 6 nitrogen and oxygen atoms in total. The number of nitrogens with one attached hydrogen (secondary N) is 2. The Labute approximate surface area is 143 Å². The summed E-state index contributed by atoms with van der Waals surface area (Å²) in [5.41, 5.74) is 0.702. The fourth-order valence-corrected chi connectivity index (χ4v) is 3.21. The Bertz CT molecular complexity index is 820. The SMILES string of the molecule is COc1ccc(NC(C)=O)cc1NS(=O)(=O)c1ccc(Br)cc1. The van der Waals surface area contributed by atoms with Crippen LogP contribution in [-0.2, 0) is 14.8 Å². The number of sulfonamides is 1. The first-order chi connectivity index (χ1) is 10.8. The Morgan fingerprint density at radius 1 is 1.13 bits per heavy atom. The van der Waals surface area contributed by atoms with Crippen LogP contribution in [-0.4, -0.2) is 21.4 Å². The Kier molecular flexibility index (Phi) is 5.27. The zero-order valence-corrected chi connectivity index (χ0v) is 14.9. The van der Waals surface area contributed by atoms with Gasteiger partial charge in [-0.05, 0) is 42.5 Å². The molecular weight excluding hydrogens is 384 g/mol. The maximum Gasteiger partial charge on any atom is 0.262 e. The average molecular weight is 399 g/mol. The van der Waals surface area contributed by atoms with E-state index in [-0.39, 0.29) is 16.5 Å². The second-order valence-electron chi connectivity index (χ2n) is 4.66. The molecule has 2 N–H and O–H groups in total. The number of benzene rings is 2. The van der Waals surface area contributed by atoms with Crippen molar-refractivity contribution in [2.75, 3.05) is 17.1 Å². The van der Waals surface area contributed by atoms with E-state index in [4.69, 9.17) is 4.74 Å². The van der Waals surface area contributed by atoms with E-state index in [1.807, 2.05) is 0 Å². The number of ether oxygens (including phenoxy) is 1. The van der Waals surface area contributed by atoms with Crippen LogP contribution < -0.4 is 14.8 Å². The van der Waals surface area contributed by atoms with Gasteiger partial charge in [-0.3, -0.25) is 9.52 Å². The minimum Gasteiger partial charge on any atom is -0.495 e. The number of amides is 1. The number of hydrogen-bond donors (Lipinski definition) is 2. The van der Waals surface area contributed by atoms with E-state index in [0.29, 0.717) is 11.4 Å². The summed E-state index contributed by atoms with van der Waals surface area (Å²) in [5.74, 6) is 0.0941. The number of rotatable bonds is 5. The molecule has 0 aliphatic rings. The zero-order chi connectivity index (χ0) is 17.0. The minimum atomic E-state index is -3.77. The van der Waals surface area contributed by atoms with Crippen LogP contribution in [0.1, 0.15) is 6.92 Å². The molecule has 8 heteroatoms. The molecule has 0 atom stereocenters. The van der Waals surface area contributed by atoms with Crippen molar-refractivity contribution in [1.29, 1.82) is 0 Å². The monoisotopic (exact) mass is 398 g/mol. The summed E-state index contributed by atoms with van der Waals surface area (Å²) >= 11 is 3.26. The summed E-state index contributed by atoms with van der Waals surface area (Å²) < 4.78 is 33.3. The lowest BCUT2D eigenvalue weighted by atomic mass is 10.2. The molecule has 0 saturated carbocycles. The van der Waals surface area contributed by atoms with Gasteiger partial charge in [0.25, 0.3) is 10.0 Å². The normalized spacial score (nSPS) is 10.9. The zero-order valence-electron chi connectivity index (χ0n) is 12.5. The van der Waals surface area contributed by atoms with Crippen molar-refractivity contribution < 1.29 is 17.9 Å². The number of hydrogen-bond acceptors (Lipinski definition) is 4. The van der Waals surface area contributed by atoms with Gasteiger partial charge in [-0.25, -0.2) is 8.42 Å². The van der Waals surface area contributed by atoms with Gasteiger partial charge in [0.2, 0.25) is 5.91 Å². The lowest BCUT2D eigenvalue weighted by Crippen LogP contribution is -2.14. The largest absolute Gasteiger partial charge is 0.495 e. The molecular formula is C15H15BrN2O4S. The third-order valence-electron chi connectivity index (χ3n) is 2.89. The maximum absolute atomic E-state index is 12.4. The number of carbonyl (C=O) groups is 1. The molecule has 0 fully saturated rings. The molecule has 23 heavy (non-hydrogen) atoms. The van der Waals surface area contributed by atoms with Gasteiger partial charge in [-0.1, -0.05) is 15.9 Å². The Morgan fingerprint density at radius 3 is 2.35 bits per heavy atom. The third-order valence-corrected chi connectivity index (χ3v) is 4.80. The van der Waals surface area contributed by atoms with Crippen molar-refractivity contribution in [1.82, 2.24) is 0 Å². The molecule has 0 spiro atoms. The Balaban J connectivity index is 2.37. The lowest BCUT2D eigenvalue weighted by molar-refractivity contribution is -0.114. The quantitative estimate of drug-likeness (QED) is 0.809. The molecule has 0 unspecified atom stereocenters. The highest BCUT2D eigenvalue weighted by Crippen LogP contribution is 2.30. The number of methoxy groups -OCH3 is 1. The second kappa shape index (κ2) is 7.01. The summed E-state index contributed by atoms with van der Waals surface area (Å²) in [6.45, 7) is 1.37. The minimum absolute atomic E-state index is 0.118. The third kappa shape index (κ3) is 4.46. The molecule has 0 bridgehead atoms. The molecule has 0 saturated heterocycles. The van der Waals surface area contributed by atoms with Crippen molar-refractivity contribution in [3.8, 4) is 5.75 Å². The van der Waals surface area contributed by atoms with Crippen molar-refractivity contribution >= 4 is 43.2 Å². The summed E-state index contributed by atoms with van der Waals surface area (Å²) in [5, 5.41) is 2.59. The molecule has 0 aliphatic heterocycles. The van der Waals surface area contributed by atoms with Crippen molar-refractivity contribution in [3.05, 3.63) is 46.9 Å². The summed E-state index contributed by atoms with van der Waals surface area (Å²) in [6.07, 6.45) is 0. The summed E-state index contributed by atoms with van der Waals surface area (Å²) in [6, 6.07) is 10.9. The summed E-state index contributed by atoms with van der Waals surface area (Å²) in [4.78, 5) is 11.3. The highest BCUT2D eigenvalue weighted by Gasteiger charge is 2.17. The number of halogens is 1. The van der Waals surface area contributed by atoms with Gasteiger partial charge in [-0.2, -0.15) is 0 Å². The maximum atomic E-state index is 12.4. The molecule has 0 heterocycles. The van der Waals surface area contributed by atoms with Gasteiger partial charge in [0, 0.05) is 17.1 Å². The predicted molar refractivity (Wildman–Crippen MR) is 92.2 cm³/mol. The van der Waals surface area contributed by atoms with Crippen LogP contribution in [0.5, 0.6) is 5.75 Å². The average Bonchev–Trinajstić information content (AvgIpc) is 2.47. The first-order valence-electron chi connectivity index (χ1n) is 6.56. The van der Waals surface area contributed by atoms with Crippen LogP contribution >= 0.6 is 15.9 Å². The second-order valence-corrected chi connectivity index (χ2v) is 7.25. The lowest BCUT2D eigenvalue weighted by Gasteiger charge is -2.13. The number of anilines is 2. The number of carbonyl (C=O) groups excluding carboxylic acids is 1.